The third-order valence-electron chi connectivity index (χ3n) is 2.86. The highest BCUT2D eigenvalue weighted by atomic mass is 16.5. The number of hydrogen-bond donors (Lipinski definition) is 1. The van der Waals surface area contributed by atoms with Crippen LogP contribution in [0.3, 0.4) is 0 Å². The summed E-state index contributed by atoms with van der Waals surface area (Å²) < 4.78 is 5.68. The molecular weight excluding hydrogens is 224 g/mol. The first kappa shape index (κ1) is 15.0. The maximum atomic E-state index is 6.03. The van der Waals surface area contributed by atoms with Crippen LogP contribution >= 0.6 is 0 Å². The molecule has 0 aliphatic heterocycles. The molecule has 0 amide bonds. The van der Waals surface area contributed by atoms with Gasteiger partial charge in [-0.1, -0.05) is 26.0 Å². The van der Waals surface area contributed by atoms with Gasteiger partial charge in [-0.2, -0.15) is 0 Å². The molecule has 2 unspecified atom stereocenters. The van der Waals surface area contributed by atoms with Gasteiger partial charge in [-0.15, -0.1) is 0 Å². The Morgan fingerprint density at radius 2 is 1.67 bits per heavy atom. The van der Waals surface area contributed by atoms with Crippen LogP contribution in [0.1, 0.15) is 32.4 Å². The summed E-state index contributed by atoms with van der Waals surface area (Å²) in [5, 5.41) is 0. The maximum Gasteiger partial charge on any atom is 0.119 e. The van der Waals surface area contributed by atoms with Gasteiger partial charge in [-0.25, -0.2) is 0 Å². The average molecular weight is 250 g/mol. The van der Waals surface area contributed by atoms with Crippen LogP contribution in [0, 0.1) is 5.92 Å². The van der Waals surface area contributed by atoms with Crippen LogP contribution in [-0.4, -0.2) is 31.6 Å². The molecule has 1 rings (SSSR count). The summed E-state index contributed by atoms with van der Waals surface area (Å²) >= 11 is 0. The molecule has 2 atom stereocenters. The number of likely N-dealkylation sites (N-methyl/N-ethyl adjacent to an activating group) is 1. The summed E-state index contributed by atoms with van der Waals surface area (Å²) in [5.41, 5.74) is 7.26. The van der Waals surface area contributed by atoms with Gasteiger partial charge in [0.2, 0.25) is 0 Å². The summed E-state index contributed by atoms with van der Waals surface area (Å²) in [4.78, 5) is 2.15. The molecule has 0 saturated heterocycles. The van der Waals surface area contributed by atoms with Crippen molar-refractivity contribution in [1.29, 1.82) is 0 Å². The molecule has 0 heterocycles. The van der Waals surface area contributed by atoms with Crippen molar-refractivity contribution in [3.63, 3.8) is 0 Å². The summed E-state index contributed by atoms with van der Waals surface area (Å²) in [6.45, 7) is 7.08. The number of ether oxygens (including phenoxy) is 1. The van der Waals surface area contributed by atoms with E-state index >= 15 is 0 Å². The number of hydrogen-bond acceptors (Lipinski definition) is 3. The average Bonchev–Trinajstić information content (AvgIpc) is 2.27. The fraction of sp³-hybridized carbons (Fsp3) is 0.600. The number of nitrogens with zero attached hydrogens (tertiary/aromatic N) is 1. The van der Waals surface area contributed by atoms with E-state index in [-0.39, 0.29) is 12.1 Å². The largest absolute Gasteiger partial charge is 0.493 e. The van der Waals surface area contributed by atoms with Gasteiger partial charge in [0.25, 0.3) is 0 Å². The van der Waals surface area contributed by atoms with E-state index in [9.17, 15) is 0 Å². The lowest BCUT2D eigenvalue weighted by molar-refractivity contribution is 0.263. The Labute approximate surface area is 111 Å². The van der Waals surface area contributed by atoms with Gasteiger partial charge in [0.05, 0.1) is 6.61 Å². The topological polar surface area (TPSA) is 38.5 Å². The standard InChI is InChI=1S/C15H26N2O/c1-11(2)10-18-14-8-6-13(7-9-14)15(12(3)16)17(4)5/h6-9,11-12,15H,10,16H2,1-5H3. The molecule has 0 bridgehead atoms. The van der Waals surface area contributed by atoms with Crippen molar-refractivity contribution in [2.75, 3.05) is 20.7 Å². The lowest BCUT2D eigenvalue weighted by atomic mass is 10.00. The van der Waals surface area contributed by atoms with Crippen LogP contribution in [0.25, 0.3) is 0 Å². The number of nitrogens with two attached hydrogens (primary N) is 1. The van der Waals surface area contributed by atoms with Gasteiger partial charge in [0.1, 0.15) is 5.75 Å². The molecule has 18 heavy (non-hydrogen) atoms. The molecular formula is C15H26N2O. The van der Waals surface area contributed by atoms with Gasteiger partial charge < -0.3 is 15.4 Å². The molecule has 1 aromatic rings. The SMILES string of the molecule is CC(C)COc1ccc(C(C(C)N)N(C)C)cc1. The fourth-order valence-corrected chi connectivity index (χ4v) is 2.10. The molecule has 2 N–H and O–H groups in total. The Morgan fingerprint density at radius 3 is 2.06 bits per heavy atom. The van der Waals surface area contributed by atoms with Crippen molar-refractivity contribution in [3.8, 4) is 5.75 Å². The molecule has 3 nitrogen and oxygen atoms in total. The molecule has 0 spiro atoms. The molecule has 0 aliphatic rings. The van der Waals surface area contributed by atoms with E-state index in [4.69, 9.17) is 10.5 Å². The lowest BCUT2D eigenvalue weighted by Gasteiger charge is -2.28. The molecule has 102 valence electrons. The van der Waals surface area contributed by atoms with Crippen LogP contribution in [0.15, 0.2) is 24.3 Å². The fourth-order valence-electron chi connectivity index (χ4n) is 2.10. The van der Waals surface area contributed by atoms with E-state index in [1.165, 1.54) is 5.56 Å². The van der Waals surface area contributed by atoms with Gasteiger partial charge in [0.15, 0.2) is 0 Å². The summed E-state index contributed by atoms with van der Waals surface area (Å²) in [5.74, 6) is 1.47. The summed E-state index contributed by atoms with van der Waals surface area (Å²) in [6.07, 6.45) is 0. The first-order valence-corrected chi connectivity index (χ1v) is 6.56. The van der Waals surface area contributed by atoms with E-state index < -0.39 is 0 Å². The minimum absolute atomic E-state index is 0.0995. The van der Waals surface area contributed by atoms with E-state index in [0.29, 0.717) is 5.92 Å². The van der Waals surface area contributed by atoms with Gasteiger partial charge in [-0.3, -0.25) is 0 Å². The zero-order valence-electron chi connectivity index (χ0n) is 12.2. The van der Waals surface area contributed by atoms with Crippen molar-refractivity contribution >= 4 is 0 Å². The molecule has 0 fully saturated rings. The summed E-state index contributed by atoms with van der Waals surface area (Å²) in [7, 11) is 4.11. The minimum atomic E-state index is 0.0995. The smallest absolute Gasteiger partial charge is 0.119 e. The minimum Gasteiger partial charge on any atom is -0.493 e. The highest BCUT2D eigenvalue weighted by Gasteiger charge is 2.18. The molecule has 0 saturated carbocycles. The Bertz CT molecular complexity index is 336. The van der Waals surface area contributed by atoms with E-state index in [1.54, 1.807) is 0 Å². The first-order chi connectivity index (χ1) is 8.41. The van der Waals surface area contributed by atoms with E-state index in [2.05, 4.69) is 45.0 Å². The third kappa shape index (κ3) is 4.31. The van der Waals surface area contributed by atoms with Crippen LogP contribution < -0.4 is 10.5 Å². The van der Waals surface area contributed by atoms with Crippen molar-refractivity contribution in [2.24, 2.45) is 11.7 Å². The predicted molar refractivity (Wildman–Crippen MR) is 76.9 cm³/mol. The molecule has 0 aliphatic carbocycles. The zero-order valence-corrected chi connectivity index (χ0v) is 12.2. The second-order valence-corrected chi connectivity index (χ2v) is 5.54. The highest BCUT2D eigenvalue weighted by Crippen LogP contribution is 2.23. The normalized spacial score (nSPS) is 14.9. The monoisotopic (exact) mass is 250 g/mol. The maximum absolute atomic E-state index is 6.03. The molecule has 3 heteroatoms. The van der Waals surface area contributed by atoms with E-state index in [0.717, 1.165) is 12.4 Å². The van der Waals surface area contributed by atoms with Gasteiger partial charge in [0, 0.05) is 12.1 Å². The van der Waals surface area contributed by atoms with Gasteiger partial charge in [-0.05, 0) is 44.6 Å². The second kappa shape index (κ2) is 6.76. The predicted octanol–water partition coefficient (Wildman–Crippen LogP) is 2.67. The Hall–Kier alpha value is -1.06. The van der Waals surface area contributed by atoms with Crippen LogP contribution in [-0.2, 0) is 0 Å². The third-order valence-corrected chi connectivity index (χ3v) is 2.86. The summed E-state index contributed by atoms with van der Waals surface area (Å²) in [6, 6.07) is 8.59. The van der Waals surface area contributed by atoms with Crippen molar-refractivity contribution in [2.45, 2.75) is 32.9 Å². The molecule has 1 aromatic carbocycles. The van der Waals surface area contributed by atoms with Crippen molar-refractivity contribution in [1.82, 2.24) is 4.90 Å². The van der Waals surface area contributed by atoms with Crippen LogP contribution in [0.2, 0.25) is 0 Å². The zero-order chi connectivity index (χ0) is 13.7. The van der Waals surface area contributed by atoms with Crippen LogP contribution in [0.4, 0.5) is 0 Å². The van der Waals surface area contributed by atoms with E-state index in [1.807, 2.05) is 19.1 Å². The molecule has 0 radical (unpaired) electrons. The van der Waals surface area contributed by atoms with Crippen LogP contribution in [0.5, 0.6) is 5.75 Å². The van der Waals surface area contributed by atoms with Crippen molar-refractivity contribution < 1.29 is 4.74 Å². The first-order valence-electron chi connectivity index (χ1n) is 6.56. The quantitative estimate of drug-likeness (QED) is 0.843. The second-order valence-electron chi connectivity index (χ2n) is 5.54. The number of benzene rings is 1. The number of rotatable bonds is 6. The lowest BCUT2D eigenvalue weighted by Crippen LogP contribution is -2.34. The Morgan fingerprint density at radius 1 is 1.11 bits per heavy atom. The van der Waals surface area contributed by atoms with Crippen molar-refractivity contribution in [3.05, 3.63) is 29.8 Å². The molecule has 0 aromatic heterocycles. The highest BCUT2D eigenvalue weighted by molar-refractivity contribution is 5.29. The Kier molecular flexibility index (Phi) is 5.63. The van der Waals surface area contributed by atoms with Gasteiger partial charge >= 0.3 is 0 Å². The Balaban J connectivity index is 2.74.